The fraction of sp³-hybridized carbons (Fsp3) is 0.431. The lowest BCUT2D eigenvalue weighted by Crippen LogP contribution is -2.62. The lowest BCUT2D eigenvalue weighted by Gasteiger charge is -2.27. The predicted molar refractivity (Wildman–Crippen MR) is 288 cm³/mol. The van der Waals surface area contributed by atoms with Crippen LogP contribution in [-0.2, 0) is 72.0 Å². The monoisotopic (exact) mass is 1140 g/mol. The second-order valence-electron chi connectivity index (χ2n) is 18.5. The molecule has 3 rings (SSSR count). The van der Waals surface area contributed by atoms with Crippen molar-refractivity contribution >= 4 is 90.4 Å². The van der Waals surface area contributed by atoms with E-state index in [2.05, 4.69) is 73.1 Å². The summed E-state index contributed by atoms with van der Waals surface area (Å²) in [6.07, 6.45) is -1.71. The number of phenols is 2. The van der Waals surface area contributed by atoms with Crippen molar-refractivity contribution in [3.8, 4) is 11.5 Å². The molecule has 0 fully saturated rings. The standard InChI is InChI=1S/C51H67N9O17S2/c1-26(2)17-37(51(76)77)56-44(69)34(19-29-9-13-31(64)14-10-29)54-49(74)40(24-78)60-48(73)39(23-62)57-45(70)35(20-30-11-15-32(65)16-12-30)53-46(71)36(21-42(66)67)55-47(72)38(22-61)58-50(75)41(25-79)59-43(68)33(52-27(3)63)18-28-7-5-4-6-8-28/h4-16,26,33-41,61-62,64-65,78-79H,17-25H2,1-3H3,(H,52,63)(H,53,71)(H,54,74)(H,55,72)(H,56,69)(H,57,70)(H,58,75)(H,59,68)(H,60,73)(H,66,67)(H,76,77)/t33-,34-,35-,36-,37-,38-,39-,40-,41-/m0/s1. The van der Waals surface area contributed by atoms with Crippen LogP contribution in [-0.4, -0.2) is 175 Å². The Labute approximate surface area is 464 Å². The smallest absolute Gasteiger partial charge is 0.326 e. The number of aromatic hydroxyl groups is 2. The summed E-state index contributed by atoms with van der Waals surface area (Å²) in [6.45, 7) is 2.42. The van der Waals surface area contributed by atoms with Gasteiger partial charge in [-0.15, -0.1) is 0 Å². The zero-order valence-electron chi connectivity index (χ0n) is 43.2. The number of rotatable bonds is 32. The van der Waals surface area contributed by atoms with Gasteiger partial charge in [0.2, 0.25) is 53.2 Å². The van der Waals surface area contributed by atoms with Gasteiger partial charge in [-0.1, -0.05) is 68.4 Å². The highest BCUT2D eigenvalue weighted by atomic mass is 32.1. The molecule has 0 radical (unpaired) electrons. The fourth-order valence-electron chi connectivity index (χ4n) is 7.49. The molecular weight excluding hydrogens is 1070 g/mol. The average Bonchev–Trinajstić information content (AvgIpc) is 3.40. The van der Waals surface area contributed by atoms with Crippen molar-refractivity contribution in [2.75, 3.05) is 24.7 Å². The number of carbonyl (C=O) groups is 11. The highest BCUT2D eigenvalue weighted by Crippen LogP contribution is 2.15. The van der Waals surface area contributed by atoms with Gasteiger partial charge in [-0.05, 0) is 53.3 Å². The third-order valence-corrected chi connectivity index (χ3v) is 12.3. The van der Waals surface area contributed by atoms with Crippen LogP contribution in [0.25, 0.3) is 0 Å². The quantitative estimate of drug-likeness (QED) is 0.0276. The van der Waals surface area contributed by atoms with Crippen LogP contribution in [0.2, 0.25) is 0 Å². The minimum atomic E-state index is -2.03. The third-order valence-electron chi connectivity index (χ3n) is 11.6. The summed E-state index contributed by atoms with van der Waals surface area (Å²) in [5.74, 6) is -13.5. The Balaban J connectivity index is 1.81. The van der Waals surface area contributed by atoms with Crippen molar-refractivity contribution in [3.63, 3.8) is 0 Å². The molecule has 79 heavy (non-hydrogen) atoms. The molecule has 26 nitrogen and oxygen atoms in total. The second-order valence-corrected chi connectivity index (χ2v) is 19.2. The number of benzene rings is 3. The molecule has 28 heteroatoms. The number of carbonyl (C=O) groups excluding carboxylic acids is 9. The topological polar surface area (TPSA) is 417 Å². The van der Waals surface area contributed by atoms with Gasteiger partial charge < -0.3 is 78.5 Å². The summed E-state index contributed by atoms with van der Waals surface area (Å²) < 4.78 is 0. The molecule has 0 aromatic heterocycles. The van der Waals surface area contributed by atoms with Crippen LogP contribution >= 0.6 is 25.3 Å². The molecule has 0 aliphatic carbocycles. The first kappa shape index (κ1) is 65.3. The Morgan fingerprint density at radius 2 is 0.722 bits per heavy atom. The van der Waals surface area contributed by atoms with Crippen LogP contribution in [0.1, 0.15) is 50.3 Å². The van der Waals surface area contributed by atoms with Crippen LogP contribution < -0.4 is 47.9 Å². The van der Waals surface area contributed by atoms with Crippen LogP contribution in [0.5, 0.6) is 11.5 Å². The van der Waals surface area contributed by atoms with E-state index in [9.17, 15) is 83.4 Å². The highest BCUT2D eigenvalue weighted by molar-refractivity contribution is 7.80. The van der Waals surface area contributed by atoms with Gasteiger partial charge in [0.1, 0.15) is 65.9 Å². The van der Waals surface area contributed by atoms with Gasteiger partial charge in [0.05, 0.1) is 19.6 Å². The number of hydrogen-bond donors (Lipinski definition) is 17. The van der Waals surface area contributed by atoms with Crippen LogP contribution in [0.3, 0.4) is 0 Å². The minimum Gasteiger partial charge on any atom is -0.508 e. The van der Waals surface area contributed by atoms with Gasteiger partial charge in [0, 0.05) is 37.7 Å². The zero-order chi connectivity index (χ0) is 58.9. The van der Waals surface area contributed by atoms with Gasteiger partial charge in [-0.25, -0.2) is 4.79 Å². The Morgan fingerprint density at radius 1 is 0.418 bits per heavy atom. The van der Waals surface area contributed by atoms with Gasteiger partial charge >= 0.3 is 11.9 Å². The van der Waals surface area contributed by atoms with Gasteiger partial charge in [-0.3, -0.25) is 47.9 Å². The Morgan fingerprint density at radius 3 is 1.06 bits per heavy atom. The summed E-state index contributed by atoms with van der Waals surface area (Å²) >= 11 is 8.28. The molecule has 15 N–H and O–H groups in total. The first-order valence-corrected chi connectivity index (χ1v) is 25.8. The molecule has 0 heterocycles. The maximum Gasteiger partial charge on any atom is 0.326 e. The number of aliphatic hydroxyl groups excluding tert-OH is 2. The molecular formula is C51H67N9O17S2. The van der Waals surface area contributed by atoms with Gasteiger partial charge in [0.25, 0.3) is 0 Å². The molecule has 0 unspecified atom stereocenters. The number of aliphatic hydroxyl groups is 2. The van der Waals surface area contributed by atoms with Crippen molar-refractivity contribution in [3.05, 3.63) is 95.6 Å². The van der Waals surface area contributed by atoms with E-state index in [1.54, 1.807) is 44.2 Å². The number of amides is 9. The van der Waals surface area contributed by atoms with E-state index in [0.717, 1.165) is 0 Å². The number of carboxylic acid groups (broad SMARTS) is 2. The van der Waals surface area contributed by atoms with Crippen molar-refractivity contribution in [2.24, 2.45) is 5.92 Å². The van der Waals surface area contributed by atoms with E-state index in [0.29, 0.717) is 11.1 Å². The number of carboxylic acids is 2. The largest absolute Gasteiger partial charge is 0.508 e. The summed E-state index contributed by atoms with van der Waals surface area (Å²) in [7, 11) is 0. The Kier molecular flexibility index (Phi) is 27.1. The van der Waals surface area contributed by atoms with Gasteiger partial charge in [-0.2, -0.15) is 25.3 Å². The molecule has 0 spiro atoms. The minimum absolute atomic E-state index is 0.0303. The normalized spacial score (nSPS) is 14.4. The molecule has 3 aromatic carbocycles. The first-order valence-electron chi connectivity index (χ1n) is 24.6. The summed E-state index contributed by atoms with van der Waals surface area (Å²) in [5.41, 5.74) is 1.38. The van der Waals surface area contributed by atoms with E-state index in [1.165, 1.54) is 55.5 Å². The molecule has 0 aliphatic rings. The number of thiol groups is 2. The van der Waals surface area contributed by atoms with E-state index in [4.69, 9.17) is 0 Å². The van der Waals surface area contributed by atoms with E-state index in [-0.39, 0.29) is 48.0 Å². The first-order chi connectivity index (χ1) is 37.4. The summed E-state index contributed by atoms with van der Waals surface area (Å²) in [5, 5.41) is 80.7. The van der Waals surface area contributed by atoms with E-state index in [1.807, 2.05) is 0 Å². The number of aliphatic carboxylic acids is 2. The second kappa shape index (κ2) is 32.7. The van der Waals surface area contributed by atoms with Crippen molar-refractivity contribution < 1.29 is 83.4 Å². The molecule has 9 amide bonds. The number of hydrogen-bond acceptors (Lipinski definition) is 17. The third kappa shape index (κ3) is 22.5. The summed E-state index contributed by atoms with van der Waals surface area (Å²) in [6, 6.07) is 4.82. The van der Waals surface area contributed by atoms with Crippen molar-refractivity contribution in [2.45, 2.75) is 107 Å². The van der Waals surface area contributed by atoms with E-state index < -0.39 is 151 Å². The zero-order valence-corrected chi connectivity index (χ0v) is 45.0. The fourth-order valence-corrected chi connectivity index (χ4v) is 8.00. The van der Waals surface area contributed by atoms with Crippen LogP contribution in [0.15, 0.2) is 78.9 Å². The molecule has 0 aliphatic heterocycles. The molecule has 0 bridgehead atoms. The lowest BCUT2D eigenvalue weighted by atomic mass is 10.0. The maximum atomic E-state index is 14.0. The van der Waals surface area contributed by atoms with E-state index >= 15 is 0 Å². The average molecular weight is 1140 g/mol. The predicted octanol–water partition coefficient (Wildman–Crippen LogP) is -3.04. The molecule has 3 aromatic rings. The molecule has 0 saturated carbocycles. The van der Waals surface area contributed by atoms with Crippen LogP contribution in [0.4, 0.5) is 0 Å². The van der Waals surface area contributed by atoms with Crippen molar-refractivity contribution in [1.29, 1.82) is 0 Å². The summed E-state index contributed by atoms with van der Waals surface area (Å²) in [4.78, 5) is 145. The molecule has 430 valence electrons. The van der Waals surface area contributed by atoms with Gasteiger partial charge in [0.15, 0.2) is 0 Å². The molecule has 9 atom stereocenters. The SMILES string of the molecule is CC(=O)N[C@@H](Cc1ccccc1)C(=O)N[C@@H](CS)C(=O)N[C@@H](CO)C(=O)N[C@@H](CC(=O)O)C(=O)N[C@@H](Cc1ccc(O)cc1)C(=O)N[C@@H](CO)C(=O)N[C@@H](CS)C(=O)N[C@@H](Cc1ccc(O)cc1)C(=O)N[C@@H](CC(C)C)C(=O)O. The number of nitrogens with one attached hydrogen (secondary N) is 9. The van der Waals surface area contributed by atoms with Crippen molar-refractivity contribution in [1.82, 2.24) is 47.9 Å². The Bertz CT molecular complexity index is 2600. The Hall–Kier alpha value is -7.95. The lowest BCUT2D eigenvalue weighted by molar-refractivity contribution is -0.143. The van der Waals surface area contributed by atoms with Crippen LogP contribution in [0, 0.1) is 5.92 Å². The number of phenolic OH excluding ortho intramolecular Hbond substituents is 2. The highest BCUT2D eigenvalue weighted by Gasteiger charge is 2.36. The molecule has 0 saturated heterocycles. The maximum absolute atomic E-state index is 14.0.